The fourth-order valence-corrected chi connectivity index (χ4v) is 3.76. The number of pyridine rings is 1. The van der Waals surface area contributed by atoms with Gasteiger partial charge >= 0.3 is 0 Å². The molecule has 0 radical (unpaired) electrons. The molecule has 2 aromatic rings. The van der Waals surface area contributed by atoms with Gasteiger partial charge in [0.1, 0.15) is 5.76 Å². The maximum Gasteiger partial charge on any atom is 0.211 e. The van der Waals surface area contributed by atoms with Crippen LogP contribution in [0.3, 0.4) is 0 Å². The van der Waals surface area contributed by atoms with Gasteiger partial charge in [0.2, 0.25) is 12.2 Å². The minimum absolute atomic E-state index is 0.478. The van der Waals surface area contributed by atoms with E-state index in [2.05, 4.69) is 32.1 Å². The number of likely N-dealkylation sites (tertiary alicyclic amines) is 1. The Morgan fingerprint density at radius 3 is 2.87 bits per heavy atom. The zero-order chi connectivity index (χ0) is 21.0. The zero-order valence-corrected chi connectivity index (χ0v) is 17.4. The first-order valence-electron chi connectivity index (χ1n) is 10.6. The Morgan fingerprint density at radius 1 is 1.27 bits per heavy atom. The number of unbranched alkanes of at least 4 members (excludes halogenated alkanes) is 3. The van der Waals surface area contributed by atoms with Crippen molar-refractivity contribution < 1.29 is 4.42 Å². The Balaban J connectivity index is 1.25. The molecule has 2 aromatic heterocycles. The Hall–Kier alpha value is -3.27. The van der Waals surface area contributed by atoms with E-state index in [-0.39, 0.29) is 0 Å². The van der Waals surface area contributed by atoms with E-state index in [0.717, 1.165) is 55.5 Å². The Labute approximate surface area is 178 Å². The molecule has 3 heterocycles. The summed E-state index contributed by atoms with van der Waals surface area (Å²) in [4.78, 5) is 10.1. The molecule has 0 amide bonds. The molecular weight excluding hydrogens is 376 g/mol. The predicted octanol–water partition coefficient (Wildman–Crippen LogP) is 4.46. The number of aliphatic imine (C=N–C) groups is 1. The van der Waals surface area contributed by atoms with Crippen molar-refractivity contribution in [2.45, 2.75) is 38.5 Å². The lowest BCUT2D eigenvalue weighted by Gasteiger charge is -2.19. The number of hydrogen-bond acceptors (Lipinski definition) is 5. The minimum atomic E-state index is 0.478. The maximum absolute atomic E-state index is 8.85. The zero-order valence-electron chi connectivity index (χ0n) is 17.4. The van der Waals surface area contributed by atoms with Gasteiger partial charge in [-0.15, -0.1) is 4.99 Å². The van der Waals surface area contributed by atoms with E-state index in [0.29, 0.717) is 5.96 Å². The quantitative estimate of drug-likeness (QED) is 0.262. The monoisotopic (exact) mass is 406 g/mol. The fraction of sp³-hybridized carbons (Fsp3) is 0.435. The molecule has 7 heteroatoms. The molecule has 3 rings (SSSR count). The van der Waals surface area contributed by atoms with Crippen LogP contribution in [0.1, 0.15) is 44.3 Å². The number of aromatic nitrogens is 1. The standard InChI is InChI=1S/C23H30N6O/c1-19(22-8-6-16-30-22)29-15-11-20(17-29)7-4-2-3-5-12-26-23(27-18-24)28-21-9-13-25-14-10-21/h6,8-10,13-14,16,20H,1-5,7,11-12,15,17H2,(H2,25,26,27,28). The van der Waals surface area contributed by atoms with E-state index < -0.39 is 0 Å². The molecule has 1 atom stereocenters. The summed E-state index contributed by atoms with van der Waals surface area (Å²) >= 11 is 0. The van der Waals surface area contributed by atoms with Gasteiger partial charge in [0.15, 0.2) is 0 Å². The van der Waals surface area contributed by atoms with Gasteiger partial charge in [-0.2, -0.15) is 5.26 Å². The predicted molar refractivity (Wildman–Crippen MR) is 119 cm³/mol. The highest BCUT2D eigenvalue weighted by atomic mass is 16.3. The van der Waals surface area contributed by atoms with Crippen LogP contribution in [0.15, 0.2) is 58.9 Å². The molecule has 7 nitrogen and oxygen atoms in total. The maximum atomic E-state index is 8.85. The summed E-state index contributed by atoms with van der Waals surface area (Å²) in [6.45, 7) is 7.12. The van der Waals surface area contributed by atoms with Crippen LogP contribution in [0.2, 0.25) is 0 Å². The van der Waals surface area contributed by atoms with E-state index in [1.807, 2.05) is 30.5 Å². The summed E-state index contributed by atoms with van der Waals surface area (Å²) in [5, 5.41) is 15.2. The van der Waals surface area contributed by atoms with Crippen LogP contribution in [0.5, 0.6) is 0 Å². The molecule has 0 aromatic carbocycles. The Kier molecular flexibility index (Phi) is 8.34. The lowest BCUT2D eigenvalue weighted by molar-refractivity contribution is 0.418. The topological polar surface area (TPSA) is 89.5 Å². The SMILES string of the molecule is C=C(c1ccco1)N1CCC(CCCCCCN/C(=N/C#N)Nc2ccncc2)C1. The van der Waals surface area contributed by atoms with Crippen molar-refractivity contribution in [3.63, 3.8) is 0 Å². The van der Waals surface area contributed by atoms with Gasteiger partial charge in [-0.3, -0.25) is 4.98 Å². The molecule has 0 spiro atoms. The lowest BCUT2D eigenvalue weighted by Crippen LogP contribution is -2.31. The van der Waals surface area contributed by atoms with Crippen LogP contribution in [-0.4, -0.2) is 35.5 Å². The van der Waals surface area contributed by atoms with Crippen molar-refractivity contribution in [1.82, 2.24) is 15.2 Å². The molecule has 1 unspecified atom stereocenters. The number of nitriles is 1. The van der Waals surface area contributed by atoms with Gasteiger partial charge in [0.05, 0.1) is 12.0 Å². The first kappa shape index (κ1) is 21.4. The van der Waals surface area contributed by atoms with Crippen LogP contribution in [0.25, 0.3) is 5.70 Å². The van der Waals surface area contributed by atoms with Crippen molar-refractivity contribution in [1.29, 1.82) is 5.26 Å². The van der Waals surface area contributed by atoms with E-state index in [1.165, 1.54) is 25.7 Å². The van der Waals surface area contributed by atoms with Gasteiger partial charge in [0, 0.05) is 37.7 Å². The molecule has 1 saturated heterocycles. The fourth-order valence-electron chi connectivity index (χ4n) is 3.76. The van der Waals surface area contributed by atoms with Crippen molar-refractivity contribution in [2.24, 2.45) is 10.9 Å². The van der Waals surface area contributed by atoms with E-state index in [4.69, 9.17) is 9.68 Å². The number of anilines is 1. The number of guanidine groups is 1. The van der Waals surface area contributed by atoms with Gasteiger partial charge in [0.25, 0.3) is 0 Å². The molecule has 1 fully saturated rings. The Bertz CT molecular complexity index is 840. The highest BCUT2D eigenvalue weighted by molar-refractivity contribution is 5.94. The molecule has 30 heavy (non-hydrogen) atoms. The van der Waals surface area contributed by atoms with Crippen LogP contribution in [-0.2, 0) is 0 Å². The second-order valence-electron chi connectivity index (χ2n) is 7.58. The molecule has 0 saturated carbocycles. The van der Waals surface area contributed by atoms with Crippen molar-refractivity contribution in [3.8, 4) is 6.19 Å². The summed E-state index contributed by atoms with van der Waals surface area (Å²) in [6, 6.07) is 7.56. The van der Waals surface area contributed by atoms with Gasteiger partial charge in [-0.05, 0) is 49.4 Å². The van der Waals surface area contributed by atoms with Crippen molar-refractivity contribution >= 4 is 17.3 Å². The molecule has 0 aliphatic carbocycles. The van der Waals surface area contributed by atoms with E-state index in [9.17, 15) is 0 Å². The number of hydrogen-bond donors (Lipinski definition) is 2. The van der Waals surface area contributed by atoms with E-state index in [1.54, 1.807) is 18.7 Å². The second kappa shape index (κ2) is 11.7. The average Bonchev–Trinajstić information content (AvgIpc) is 3.46. The van der Waals surface area contributed by atoms with Crippen molar-refractivity contribution in [2.75, 3.05) is 25.0 Å². The van der Waals surface area contributed by atoms with Gasteiger partial charge in [-0.1, -0.05) is 25.8 Å². The van der Waals surface area contributed by atoms with E-state index >= 15 is 0 Å². The number of furan rings is 1. The number of nitrogens with one attached hydrogen (secondary N) is 2. The molecular formula is C23H30N6O. The van der Waals surface area contributed by atoms with Crippen LogP contribution in [0, 0.1) is 17.4 Å². The summed E-state index contributed by atoms with van der Waals surface area (Å²) in [7, 11) is 0. The molecule has 2 N–H and O–H groups in total. The summed E-state index contributed by atoms with van der Waals surface area (Å²) in [5.74, 6) is 2.10. The Morgan fingerprint density at radius 2 is 2.10 bits per heavy atom. The minimum Gasteiger partial charge on any atom is -0.463 e. The smallest absolute Gasteiger partial charge is 0.211 e. The second-order valence-corrected chi connectivity index (χ2v) is 7.58. The molecule has 1 aliphatic rings. The highest BCUT2D eigenvalue weighted by Crippen LogP contribution is 2.28. The first-order chi connectivity index (χ1) is 14.8. The van der Waals surface area contributed by atoms with Crippen LogP contribution in [0.4, 0.5) is 5.69 Å². The molecule has 0 bridgehead atoms. The molecule has 1 aliphatic heterocycles. The third-order valence-electron chi connectivity index (χ3n) is 5.41. The third kappa shape index (κ3) is 6.66. The van der Waals surface area contributed by atoms with Crippen molar-refractivity contribution in [3.05, 3.63) is 55.3 Å². The summed E-state index contributed by atoms with van der Waals surface area (Å²) in [6.07, 6.45) is 14.1. The first-order valence-corrected chi connectivity index (χ1v) is 10.6. The van der Waals surface area contributed by atoms with Crippen LogP contribution >= 0.6 is 0 Å². The average molecular weight is 407 g/mol. The number of rotatable bonds is 10. The largest absolute Gasteiger partial charge is 0.463 e. The summed E-state index contributed by atoms with van der Waals surface area (Å²) in [5.41, 5.74) is 1.86. The third-order valence-corrected chi connectivity index (χ3v) is 5.41. The normalized spacial score (nSPS) is 16.3. The van der Waals surface area contributed by atoms with Gasteiger partial charge in [-0.25, -0.2) is 0 Å². The summed E-state index contributed by atoms with van der Waals surface area (Å²) < 4.78 is 5.46. The van der Waals surface area contributed by atoms with Gasteiger partial charge < -0.3 is 20.0 Å². The molecule has 158 valence electrons. The van der Waals surface area contributed by atoms with Crippen LogP contribution < -0.4 is 10.6 Å². The number of nitrogens with zero attached hydrogens (tertiary/aromatic N) is 4. The highest BCUT2D eigenvalue weighted by Gasteiger charge is 2.24. The lowest BCUT2D eigenvalue weighted by atomic mass is 10.00.